The molecule has 1 aliphatic heterocycles. The number of hydrogen-bond donors (Lipinski definition) is 2. The lowest BCUT2D eigenvalue weighted by molar-refractivity contribution is -0.117. The lowest BCUT2D eigenvalue weighted by Gasteiger charge is -2.30. The molecule has 0 bridgehead atoms. The lowest BCUT2D eigenvalue weighted by atomic mass is 10.1. The minimum Gasteiger partial charge on any atom is -0.359 e. The van der Waals surface area contributed by atoms with Crippen LogP contribution in [0, 0.1) is 6.92 Å². The summed E-state index contributed by atoms with van der Waals surface area (Å²) in [5, 5.41) is 6.00. The molecule has 0 fully saturated rings. The lowest BCUT2D eigenvalue weighted by Crippen LogP contribution is -2.40. The molecule has 1 unspecified atom stereocenters. The highest BCUT2D eigenvalue weighted by Crippen LogP contribution is 2.30. The smallest absolute Gasteiger partial charge is 0.253 e. The first kappa shape index (κ1) is 19.6. The van der Waals surface area contributed by atoms with Crippen molar-refractivity contribution in [3.8, 4) is 0 Å². The van der Waals surface area contributed by atoms with E-state index in [4.69, 9.17) is 0 Å². The SMILES string of the molecule is Cc1ccc(C(C)NC(=O)c2cnc3c(c2)N(Cc2ccccc2)C(=O)CN3)cn1. The molecule has 0 saturated heterocycles. The molecule has 0 aliphatic carbocycles. The van der Waals surface area contributed by atoms with Crippen molar-refractivity contribution in [1.82, 2.24) is 15.3 Å². The zero-order valence-corrected chi connectivity index (χ0v) is 16.9. The van der Waals surface area contributed by atoms with E-state index in [-0.39, 0.29) is 24.4 Å². The zero-order valence-electron chi connectivity index (χ0n) is 16.9. The van der Waals surface area contributed by atoms with Crippen LogP contribution in [0.1, 0.15) is 40.1 Å². The number of fused-ring (bicyclic) bond motifs is 1. The average Bonchev–Trinajstić information content (AvgIpc) is 2.76. The maximum Gasteiger partial charge on any atom is 0.253 e. The van der Waals surface area contributed by atoms with E-state index in [9.17, 15) is 9.59 Å². The summed E-state index contributed by atoms with van der Waals surface area (Å²) in [6.45, 7) is 4.42. The van der Waals surface area contributed by atoms with E-state index < -0.39 is 0 Å². The van der Waals surface area contributed by atoms with Crippen LogP contribution in [0.4, 0.5) is 11.5 Å². The summed E-state index contributed by atoms with van der Waals surface area (Å²) in [7, 11) is 0. The fraction of sp³-hybridized carbons (Fsp3) is 0.217. The summed E-state index contributed by atoms with van der Waals surface area (Å²) < 4.78 is 0. The number of aryl methyl sites for hydroxylation is 1. The number of hydrogen-bond acceptors (Lipinski definition) is 5. The molecule has 2 amide bonds. The van der Waals surface area contributed by atoms with Crippen molar-refractivity contribution in [2.75, 3.05) is 16.8 Å². The first-order valence-electron chi connectivity index (χ1n) is 9.83. The third-order valence-electron chi connectivity index (χ3n) is 5.09. The number of nitrogens with one attached hydrogen (secondary N) is 2. The van der Waals surface area contributed by atoms with Crippen LogP contribution in [0.2, 0.25) is 0 Å². The van der Waals surface area contributed by atoms with Gasteiger partial charge in [-0.2, -0.15) is 0 Å². The number of amides is 2. The van der Waals surface area contributed by atoms with Gasteiger partial charge < -0.3 is 15.5 Å². The number of pyridine rings is 2. The Hall–Kier alpha value is -3.74. The second kappa shape index (κ2) is 8.32. The van der Waals surface area contributed by atoms with E-state index in [0.717, 1.165) is 16.8 Å². The van der Waals surface area contributed by atoms with Crippen molar-refractivity contribution in [2.24, 2.45) is 0 Å². The molecule has 7 nitrogen and oxygen atoms in total. The number of benzene rings is 1. The Balaban J connectivity index is 1.56. The molecule has 1 aromatic carbocycles. The van der Waals surface area contributed by atoms with E-state index >= 15 is 0 Å². The molecule has 0 saturated carbocycles. The molecular formula is C23H23N5O2. The van der Waals surface area contributed by atoms with E-state index in [0.29, 0.717) is 23.6 Å². The zero-order chi connectivity index (χ0) is 21.1. The molecule has 7 heteroatoms. The van der Waals surface area contributed by atoms with Gasteiger partial charge in [0.1, 0.15) is 0 Å². The Labute approximate surface area is 175 Å². The maximum atomic E-state index is 12.8. The van der Waals surface area contributed by atoms with Gasteiger partial charge >= 0.3 is 0 Å². The molecule has 1 aliphatic rings. The van der Waals surface area contributed by atoms with Crippen molar-refractivity contribution in [3.63, 3.8) is 0 Å². The van der Waals surface area contributed by atoms with Gasteiger partial charge in [-0.25, -0.2) is 4.98 Å². The summed E-state index contributed by atoms with van der Waals surface area (Å²) in [5.41, 5.74) is 3.85. The predicted molar refractivity (Wildman–Crippen MR) is 115 cm³/mol. The topological polar surface area (TPSA) is 87.2 Å². The van der Waals surface area contributed by atoms with Crippen molar-refractivity contribution < 1.29 is 9.59 Å². The summed E-state index contributed by atoms with van der Waals surface area (Å²) >= 11 is 0. The van der Waals surface area contributed by atoms with Crippen LogP contribution in [0.15, 0.2) is 60.9 Å². The molecule has 4 rings (SSSR count). The predicted octanol–water partition coefficient (Wildman–Crippen LogP) is 3.23. The van der Waals surface area contributed by atoms with Gasteiger partial charge in [0.2, 0.25) is 5.91 Å². The Morgan fingerprint density at radius 3 is 2.70 bits per heavy atom. The number of carbonyl (C=O) groups is 2. The van der Waals surface area contributed by atoms with Crippen molar-refractivity contribution in [2.45, 2.75) is 26.4 Å². The molecule has 3 heterocycles. The molecule has 0 spiro atoms. The van der Waals surface area contributed by atoms with Gasteiger partial charge in [-0.3, -0.25) is 14.6 Å². The summed E-state index contributed by atoms with van der Waals surface area (Å²) in [6.07, 6.45) is 3.29. The highest BCUT2D eigenvalue weighted by molar-refractivity contribution is 6.04. The number of rotatable bonds is 5. The van der Waals surface area contributed by atoms with Crippen LogP contribution in [0.25, 0.3) is 0 Å². The molecule has 1 atom stereocenters. The Morgan fingerprint density at radius 1 is 1.17 bits per heavy atom. The molecule has 152 valence electrons. The van der Waals surface area contributed by atoms with E-state index in [1.165, 1.54) is 6.20 Å². The minimum atomic E-state index is -0.254. The molecule has 2 aromatic heterocycles. The van der Waals surface area contributed by atoms with Crippen LogP contribution >= 0.6 is 0 Å². The van der Waals surface area contributed by atoms with Gasteiger partial charge in [0, 0.05) is 18.1 Å². The van der Waals surface area contributed by atoms with Gasteiger partial charge in [-0.05, 0) is 37.1 Å². The summed E-state index contributed by atoms with van der Waals surface area (Å²) in [5.74, 6) is 0.277. The number of carbonyl (C=O) groups excluding carboxylic acids is 2. The third-order valence-corrected chi connectivity index (χ3v) is 5.09. The second-order valence-electron chi connectivity index (χ2n) is 7.34. The molecule has 0 radical (unpaired) electrons. The maximum absolute atomic E-state index is 12.8. The number of nitrogens with zero attached hydrogens (tertiary/aromatic N) is 3. The first-order chi connectivity index (χ1) is 14.5. The molecular weight excluding hydrogens is 378 g/mol. The molecule has 3 aromatic rings. The van der Waals surface area contributed by atoms with Crippen LogP contribution < -0.4 is 15.5 Å². The van der Waals surface area contributed by atoms with Crippen molar-refractivity contribution in [3.05, 3.63) is 83.3 Å². The van der Waals surface area contributed by atoms with Crippen LogP contribution in [-0.2, 0) is 11.3 Å². The third kappa shape index (κ3) is 4.15. The van der Waals surface area contributed by atoms with E-state index in [1.54, 1.807) is 17.2 Å². The highest BCUT2D eigenvalue weighted by Gasteiger charge is 2.26. The molecule has 30 heavy (non-hydrogen) atoms. The van der Waals surface area contributed by atoms with Crippen molar-refractivity contribution >= 4 is 23.3 Å². The van der Waals surface area contributed by atoms with Gasteiger partial charge in [0.15, 0.2) is 5.82 Å². The summed E-state index contributed by atoms with van der Waals surface area (Å²) in [6, 6.07) is 15.1. The highest BCUT2D eigenvalue weighted by atomic mass is 16.2. The fourth-order valence-electron chi connectivity index (χ4n) is 3.35. The normalized spacial score (nSPS) is 13.9. The quantitative estimate of drug-likeness (QED) is 0.685. The standard InChI is InChI=1S/C23H23N5O2/c1-15-8-9-18(11-24-15)16(2)27-23(30)19-10-20-22(25-12-19)26-13-21(29)28(20)14-17-6-4-3-5-7-17/h3-12,16H,13-14H2,1-2H3,(H,25,26)(H,27,30). The van der Waals surface area contributed by atoms with Gasteiger partial charge in [0.05, 0.1) is 30.4 Å². The Bertz CT molecular complexity index is 1070. The van der Waals surface area contributed by atoms with Crippen LogP contribution in [0.5, 0.6) is 0 Å². The van der Waals surface area contributed by atoms with Gasteiger partial charge in [0.25, 0.3) is 5.91 Å². The van der Waals surface area contributed by atoms with Gasteiger partial charge in [-0.1, -0.05) is 36.4 Å². The van der Waals surface area contributed by atoms with Crippen LogP contribution in [0.3, 0.4) is 0 Å². The largest absolute Gasteiger partial charge is 0.359 e. The molecule has 2 N–H and O–H groups in total. The monoisotopic (exact) mass is 401 g/mol. The van der Waals surface area contributed by atoms with Crippen molar-refractivity contribution in [1.29, 1.82) is 0 Å². The van der Waals surface area contributed by atoms with E-state index in [1.807, 2.05) is 56.3 Å². The van der Waals surface area contributed by atoms with Crippen LogP contribution in [-0.4, -0.2) is 28.3 Å². The Kier molecular flexibility index (Phi) is 5.43. The number of aromatic nitrogens is 2. The van der Waals surface area contributed by atoms with E-state index in [2.05, 4.69) is 20.6 Å². The Morgan fingerprint density at radius 2 is 1.97 bits per heavy atom. The van der Waals surface area contributed by atoms with Gasteiger partial charge in [-0.15, -0.1) is 0 Å². The first-order valence-corrected chi connectivity index (χ1v) is 9.83. The second-order valence-corrected chi connectivity index (χ2v) is 7.34. The fourth-order valence-corrected chi connectivity index (χ4v) is 3.35. The number of anilines is 2. The summed E-state index contributed by atoms with van der Waals surface area (Å²) in [4.78, 5) is 35.7. The average molecular weight is 401 g/mol. The minimum absolute atomic E-state index is 0.0650.